The summed E-state index contributed by atoms with van der Waals surface area (Å²) < 4.78 is 19.3. The van der Waals surface area contributed by atoms with Crippen LogP contribution in [0.5, 0.6) is 0 Å². The molecule has 2 rings (SSSR count). The Morgan fingerprint density at radius 3 is 2.71 bits per heavy atom. The summed E-state index contributed by atoms with van der Waals surface area (Å²) in [5, 5.41) is 9.04. The number of hydrogen-bond acceptors (Lipinski definition) is 3. The van der Waals surface area contributed by atoms with Crippen LogP contribution in [0.1, 0.15) is 18.4 Å². The first-order valence-corrected chi connectivity index (χ1v) is 5.92. The second kappa shape index (κ2) is 5.47. The van der Waals surface area contributed by atoms with E-state index in [1.807, 2.05) is 4.90 Å². The van der Waals surface area contributed by atoms with Gasteiger partial charge >= 0.3 is 0 Å². The summed E-state index contributed by atoms with van der Waals surface area (Å²) >= 11 is 0. The summed E-state index contributed by atoms with van der Waals surface area (Å²) in [4.78, 5) is 2.02. The van der Waals surface area contributed by atoms with Gasteiger partial charge in [-0.3, -0.25) is 0 Å². The lowest BCUT2D eigenvalue weighted by Crippen LogP contribution is -2.37. The topological polar surface area (TPSA) is 32.7 Å². The third-order valence-corrected chi connectivity index (χ3v) is 3.34. The maximum atomic E-state index is 14.0. The number of aliphatic hydroxyl groups excluding tert-OH is 1. The molecule has 1 aliphatic heterocycles. The fourth-order valence-electron chi connectivity index (χ4n) is 2.26. The minimum absolute atomic E-state index is 0.256. The Morgan fingerprint density at radius 1 is 1.41 bits per heavy atom. The molecule has 1 N–H and O–H groups in total. The molecule has 0 radical (unpaired) electrons. The predicted octanol–water partition coefficient (Wildman–Crippen LogP) is 1.93. The zero-order valence-corrected chi connectivity index (χ0v) is 10.0. The van der Waals surface area contributed by atoms with E-state index in [2.05, 4.69) is 0 Å². The maximum absolute atomic E-state index is 14.0. The van der Waals surface area contributed by atoms with Gasteiger partial charge in [0.2, 0.25) is 0 Å². The Bertz CT molecular complexity index is 376. The molecule has 0 atom stereocenters. The number of piperidine rings is 1. The van der Waals surface area contributed by atoms with Crippen molar-refractivity contribution in [3.8, 4) is 0 Å². The van der Waals surface area contributed by atoms with Gasteiger partial charge in [-0.05, 0) is 18.9 Å². The first kappa shape index (κ1) is 12.3. The molecule has 0 bridgehead atoms. The maximum Gasteiger partial charge on any atom is 0.151 e. The molecule has 0 amide bonds. The van der Waals surface area contributed by atoms with Crippen molar-refractivity contribution in [1.29, 1.82) is 0 Å². The van der Waals surface area contributed by atoms with Crippen molar-refractivity contribution in [2.45, 2.75) is 25.6 Å². The van der Waals surface area contributed by atoms with Crippen LogP contribution in [0.15, 0.2) is 18.2 Å². The zero-order chi connectivity index (χ0) is 12.3. The average molecular weight is 239 g/mol. The van der Waals surface area contributed by atoms with Gasteiger partial charge in [-0.1, -0.05) is 12.1 Å². The van der Waals surface area contributed by atoms with E-state index in [9.17, 15) is 4.39 Å². The molecule has 1 heterocycles. The van der Waals surface area contributed by atoms with Crippen LogP contribution >= 0.6 is 0 Å². The summed E-state index contributed by atoms with van der Waals surface area (Å²) in [5.41, 5.74) is 0.947. The Labute approximate surface area is 101 Å². The first-order chi connectivity index (χ1) is 8.26. The minimum atomic E-state index is -0.300. The van der Waals surface area contributed by atoms with Gasteiger partial charge in [0.15, 0.2) is 5.82 Å². The van der Waals surface area contributed by atoms with E-state index in [1.54, 1.807) is 25.3 Å². The molecule has 3 nitrogen and oxygen atoms in total. The van der Waals surface area contributed by atoms with Crippen LogP contribution in [0.2, 0.25) is 0 Å². The number of ether oxygens (including phenoxy) is 1. The van der Waals surface area contributed by atoms with Crippen molar-refractivity contribution in [3.05, 3.63) is 29.6 Å². The van der Waals surface area contributed by atoms with Gasteiger partial charge in [-0.15, -0.1) is 0 Å². The number of benzene rings is 1. The Morgan fingerprint density at radius 2 is 2.12 bits per heavy atom. The minimum Gasteiger partial charge on any atom is -0.392 e. The Balaban J connectivity index is 2.13. The molecule has 1 aromatic rings. The first-order valence-electron chi connectivity index (χ1n) is 5.92. The molecule has 4 heteroatoms. The van der Waals surface area contributed by atoms with Crippen molar-refractivity contribution in [3.63, 3.8) is 0 Å². The van der Waals surface area contributed by atoms with Crippen LogP contribution in [0.3, 0.4) is 0 Å². The third kappa shape index (κ3) is 2.58. The number of hydrogen-bond donors (Lipinski definition) is 1. The van der Waals surface area contributed by atoms with Crippen LogP contribution < -0.4 is 4.90 Å². The van der Waals surface area contributed by atoms with E-state index >= 15 is 0 Å². The average Bonchev–Trinajstić information content (AvgIpc) is 2.39. The number of aliphatic hydroxyl groups is 1. The molecule has 0 aliphatic carbocycles. The van der Waals surface area contributed by atoms with Crippen molar-refractivity contribution in [2.24, 2.45) is 0 Å². The number of halogens is 1. The van der Waals surface area contributed by atoms with E-state index in [0.717, 1.165) is 25.9 Å². The van der Waals surface area contributed by atoms with Gasteiger partial charge in [-0.25, -0.2) is 4.39 Å². The molecule has 17 heavy (non-hydrogen) atoms. The Kier molecular flexibility index (Phi) is 3.97. The third-order valence-electron chi connectivity index (χ3n) is 3.34. The lowest BCUT2D eigenvalue weighted by atomic mass is 10.1. The number of anilines is 1. The van der Waals surface area contributed by atoms with E-state index in [1.165, 1.54) is 0 Å². The van der Waals surface area contributed by atoms with Gasteiger partial charge < -0.3 is 14.7 Å². The number of nitrogens with zero attached hydrogens (tertiary/aromatic N) is 1. The molecular formula is C13H18FNO2. The van der Waals surface area contributed by atoms with Gasteiger partial charge in [-0.2, -0.15) is 0 Å². The number of methoxy groups -OCH3 is 1. The van der Waals surface area contributed by atoms with Crippen LogP contribution in [0.4, 0.5) is 10.1 Å². The normalized spacial score (nSPS) is 17.5. The predicted molar refractivity (Wildman–Crippen MR) is 64.6 cm³/mol. The molecule has 1 fully saturated rings. The summed E-state index contributed by atoms with van der Waals surface area (Å²) in [7, 11) is 1.72. The highest BCUT2D eigenvalue weighted by Crippen LogP contribution is 2.26. The quantitative estimate of drug-likeness (QED) is 0.875. The largest absolute Gasteiger partial charge is 0.392 e. The molecular weight excluding hydrogens is 221 g/mol. The van der Waals surface area contributed by atoms with Crippen molar-refractivity contribution < 1.29 is 14.2 Å². The molecule has 0 spiro atoms. The van der Waals surface area contributed by atoms with Crippen molar-refractivity contribution >= 4 is 5.69 Å². The molecule has 94 valence electrons. The van der Waals surface area contributed by atoms with Gasteiger partial charge in [0.05, 0.1) is 18.4 Å². The summed E-state index contributed by atoms with van der Waals surface area (Å²) in [6.45, 7) is 1.34. The lowest BCUT2D eigenvalue weighted by molar-refractivity contribution is 0.0818. The standard InChI is InChI=1S/C13H18FNO2/c1-17-11-5-7-15(8-6-11)12-4-2-3-10(9-16)13(12)14/h2-4,11,16H,5-9H2,1H3. The van der Waals surface area contributed by atoms with E-state index in [4.69, 9.17) is 9.84 Å². The SMILES string of the molecule is COC1CCN(c2cccc(CO)c2F)CC1. The second-order valence-electron chi connectivity index (χ2n) is 4.33. The monoisotopic (exact) mass is 239 g/mol. The van der Waals surface area contributed by atoms with E-state index < -0.39 is 0 Å². The fourth-order valence-corrected chi connectivity index (χ4v) is 2.26. The molecule has 0 saturated carbocycles. The highest BCUT2D eigenvalue weighted by atomic mass is 19.1. The lowest BCUT2D eigenvalue weighted by Gasteiger charge is -2.33. The van der Waals surface area contributed by atoms with E-state index in [-0.39, 0.29) is 18.5 Å². The fraction of sp³-hybridized carbons (Fsp3) is 0.538. The molecule has 1 saturated heterocycles. The van der Waals surface area contributed by atoms with Crippen LogP contribution in [-0.4, -0.2) is 31.4 Å². The highest BCUT2D eigenvalue weighted by molar-refractivity contribution is 5.50. The zero-order valence-electron chi connectivity index (χ0n) is 10.0. The van der Waals surface area contributed by atoms with Crippen molar-refractivity contribution in [1.82, 2.24) is 0 Å². The molecule has 1 aliphatic rings. The summed E-state index contributed by atoms with van der Waals surface area (Å²) in [6, 6.07) is 5.16. The summed E-state index contributed by atoms with van der Waals surface area (Å²) in [5.74, 6) is -0.300. The van der Waals surface area contributed by atoms with E-state index in [0.29, 0.717) is 11.3 Å². The molecule has 1 aromatic carbocycles. The number of rotatable bonds is 3. The van der Waals surface area contributed by atoms with Crippen molar-refractivity contribution in [2.75, 3.05) is 25.1 Å². The van der Waals surface area contributed by atoms with Crippen LogP contribution in [0.25, 0.3) is 0 Å². The van der Waals surface area contributed by atoms with Gasteiger partial charge in [0.1, 0.15) is 0 Å². The highest BCUT2D eigenvalue weighted by Gasteiger charge is 2.21. The Hall–Kier alpha value is -1.13. The van der Waals surface area contributed by atoms with Gasteiger partial charge in [0, 0.05) is 25.8 Å². The smallest absolute Gasteiger partial charge is 0.151 e. The van der Waals surface area contributed by atoms with Crippen LogP contribution in [0, 0.1) is 5.82 Å². The second-order valence-corrected chi connectivity index (χ2v) is 4.33. The molecule has 0 unspecified atom stereocenters. The van der Waals surface area contributed by atoms with Gasteiger partial charge in [0.25, 0.3) is 0 Å². The summed E-state index contributed by atoms with van der Waals surface area (Å²) in [6.07, 6.45) is 2.12. The molecule has 0 aromatic heterocycles. The van der Waals surface area contributed by atoms with Crippen LogP contribution in [-0.2, 0) is 11.3 Å².